The lowest BCUT2D eigenvalue weighted by molar-refractivity contribution is -0.143. The van der Waals surface area contributed by atoms with Crippen LogP contribution in [0, 0.1) is 0 Å². The molecule has 6 nitrogen and oxygen atoms in total. The molecule has 2 aromatic heterocycles. The van der Waals surface area contributed by atoms with Crippen LogP contribution >= 0.6 is 11.3 Å². The van der Waals surface area contributed by atoms with Gasteiger partial charge in [-0.15, -0.1) is 11.3 Å². The highest BCUT2D eigenvalue weighted by molar-refractivity contribution is 7.18. The number of H-pyrrole nitrogens is 1. The maximum Gasteiger partial charge on any atom is 0.259 e. The van der Waals surface area contributed by atoms with Crippen LogP contribution in [0.2, 0.25) is 0 Å². The van der Waals surface area contributed by atoms with Crippen molar-refractivity contribution in [1.82, 2.24) is 14.9 Å². The Hall–Kier alpha value is -1.73. The first kappa shape index (κ1) is 17.7. The van der Waals surface area contributed by atoms with Crippen molar-refractivity contribution in [3.63, 3.8) is 0 Å². The fourth-order valence-electron chi connectivity index (χ4n) is 4.09. The monoisotopic (exact) mass is 375 g/mol. The fraction of sp³-hybridized carbons (Fsp3) is 0.632. The lowest BCUT2D eigenvalue weighted by Gasteiger charge is -2.35. The summed E-state index contributed by atoms with van der Waals surface area (Å²) in [7, 11) is 0. The highest BCUT2D eigenvalue weighted by atomic mass is 32.1. The Morgan fingerprint density at radius 1 is 1.27 bits per heavy atom. The SMILES string of the molecule is CC1CN(C(=O)CCc2nc3sc4c(c3c(=O)[nH]2)CCCC4)CC(C)O1. The lowest BCUT2D eigenvalue weighted by atomic mass is 9.97. The zero-order chi connectivity index (χ0) is 18.3. The predicted octanol–water partition coefficient (Wildman–Crippen LogP) is 2.43. The van der Waals surface area contributed by atoms with E-state index in [0.29, 0.717) is 31.8 Å². The number of hydrogen-bond donors (Lipinski definition) is 1. The molecule has 1 aliphatic heterocycles. The van der Waals surface area contributed by atoms with Gasteiger partial charge in [-0.05, 0) is 45.1 Å². The van der Waals surface area contributed by atoms with Gasteiger partial charge in [-0.3, -0.25) is 9.59 Å². The van der Waals surface area contributed by atoms with Gasteiger partial charge in [0.25, 0.3) is 5.56 Å². The van der Waals surface area contributed by atoms with Gasteiger partial charge in [-0.25, -0.2) is 4.98 Å². The number of aromatic nitrogens is 2. The van der Waals surface area contributed by atoms with Crippen LogP contribution in [0.4, 0.5) is 0 Å². The number of hydrogen-bond acceptors (Lipinski definition) is 5. The number of nitrogens with zero attached hydrogens (tertiary/aromatic N) is 2. The molecule has 0 bridgehead atoms. The summed E-state index contributed by atoms with van der Waals surface area (Å²) in [6.45, 7) is 5.23. The van der Waals surface area contributed by atoms with Crippen LogP contribution < -0.4 is 5.56 Å². The molecule has 0 saturated carbocycles. The first-order valence-electron chi connectivity index (χ1n) is 9.48. The van der Waals surface area contributed by atoms with Crippen molar-refractivity contribution < 1.29 is 9.53 Å². The van der Waals surface area contributed by atoms with Crippen molar-refractivity contribution in [2.75, 3.05) is 13.1 Å². The summed E-state index contributed by atoms with van der Waals surface area (Å²) in [4.78, 5) is 36.7. The van der Waals surface area contributed by atoms with Crippen molar-refractivity contribution in [2.45, 2.75) is 64.6 Å². The molecule has 1 amide bonds. The molecule has 140 valence electrons. The van der Waals surface area contributed by atoms with Crippen molar-refractivity contribution in [2.24, 2.45) is 0 Å². The number of fused-ring (bicyclic) bond motifs is 3. The summed E-state index contributed by atoms with van der Waals surface area (Å²) >= 11 is 1.65. The first-order valence-corrected chi connectivity index (χ1v) is 10.3. The minimum atomic E-state index is -0.0505. The van der Waals surface area contributed by atoms with Crippen LogP contribution in [0.15, 0.2) is 4.79 Å². The van der Waals surface area contributed by atoms with Gasteiger partial charge in [0.15, 0.2) is 0 Å². The van der Waals surface area contributed by atoms with Crippen molar-refractivity contribution in [3.8, 4) is 0 Å². The average molecular weight is 375 g/mol. The lowest BCUT2D eigenvalue weighted by Crippen LogP contribution is -2.48. The van der Waals surface area contributed by atoms with Crippen LogP contribution in [-0.2, 0) is 28.8 Å². The van der Waals surface area contributed by atoms with Gasteiger partial charge in [-0.2, -0.15) is 0 Å². The number of ether oxygens (including phenoxy) is 1. The van der Waals surface area contributed by atoms with E-state index in [-0.39, 0.29) is 23.7 Å². The molecule has 2 aromatic rings. The van der Waals surface area contributed by atoms with Crippen molar-refractivity contribution in [1.29, 1.82) is 0 Å². The normalized spacial score (nSPS) is 23.2. The third-order valence-corrected chi connectivity index (χ3v) is 6.41. The van der Waals surface area contributed by atoms with Crippen LogP contribution in [0.1, 0.15) is 49.4 Å². The van der Waals surface area contributed by atoms with E-state index < -0.39 is 0 Å². The summed E-state index contributed by atoms with van der Waals surface area (Å²) in [6.07, 6.45) is 5.32. The third kappa shape index (κ3) is 3.42. The van der Waals surface area contributed by atoms with Crippen molar-refractivity contribution >= 4 is 27.5 Å². The second-order valence-corrected chi connectivity index (χ2v) is 8.54. The minimum absolute atomic E-state index is 0.0505. The number of amides is 1. The number of rotatable bonds is 3. The molecule has 0 radical (unpaired) electrons. The Bertz CT molecular complexity index is 878. The van der Waals surface area contributed by atoms with Gasteiger partial charge in [0.1, 0.15) is 10.7 Å². The molecule has 0 spiro atoms. The van der Waals surface area contributed by atoms with E-state index in [1.807, 2.05) is 18.7 Å². The number of carbonyl (C=O) groups excluding carboxylic acids is 1. The second kappa shape index (κ2) is 7.12. The van der Waals surface area contributed by atoms with E-state index >= 15 is 0 Å². The quantitative estimate of drug-likeness (QED) is 0.894. The van der Waals surface area contributed by atoms with E-state index in [1.54, 1.807) is 11.3 Å². The maximum atomic E-state index is 12.6. The summed E-state index contributed by atoms with van der Waals surface area (Å²) in [6, 6.07) is 0. The molecular weight excluding hydrogens is 350 g/mol. The fourth-order valence-corrected chi connectivity index (χ4v) is 5.37. The van der Waals surface area contributed by atoms with Crippen LogP contribution in [0.25, 0.3) is 10.2 Å². The molecule has 7 heteroatoms. The predicted molar refractivity (Wildman–Crippen MR) is 102 cm³/mol. The second-order valence-electron chi connectivity index (χ2n) is 7.46. The first-order chi connectivity index (χ1) is 12.5. The molecular formula is C19H25N3O3S. The summed E-state index contributed by atoms with van der Waals surface area (Å²) in [5.41, 5.74) is 1.15. The van der Waals surface area contributed by atoms with Crippen molar-refractivity contribution in [3.05, 3.63) is 26.6 Å². The van der Waals surface area contributed by atoms with Gasteiger partial charge >= 0.3 is 0 Å². The molecule has 2 unspecified atom stereocenters. The van der Waals surface area contributed by atoms with Gasteiger partial charge in [0.2, 0.25) is 5.91 Å². The number of thiophene rings is 1. The number of nitrogens with one attached hydrogen (secondary N) is 1. The minimum Gasteiger partial charge on any atom is -0.372 e. The largest absolute Gasteiger partial charge is 0.372 e. The zero-order valence-corrected chi connectivity index (χ0v) is 16.2. The van der Waals surface area contributed by atoms with E-state index in [1.165, 1.54) is 16.9 Å². The van der Waals surface area contributed by atoms with E-state index in [4.69, 9.17) is 4.74 Å². The van der Waals surface area contributed by atoms with Crippen LogP contribution in [-0.4, -0.2) is 46.1 Å². The average Bonchev–Trinajstić information content (AvgIpc) is 2.97. The van der Waals surface area contributed by atoms with E-state index in [9.17, 15) is 9.59 Å². The molecule has 0 aromatic carbocycles. The highest BCUT2D eigenvalue weighted by Gasteiger charge is 2.26. The molecule has 1 fully saturated rings. The van der Waals surface area contributed by atoms with Crippen LogP contribution in [0.3, 0.4) is 0 Å². The molecule has 1 saturated heterocycles. The van der Waals surface area contributed by atoms with Gasteiger partial charge in [0.05, 0.1) is 17.6 Å². The standard InChI is InChI=1S/C19H25N3O3S/c1-11-9-22(10-12(2)25-11)16(23)8-7-15-20-18(24)17-13-5-3-4-6-14(13)26-19(17)21-15/h11-12H,3-10H2,1-2H3,(H,20,21,24). The molecule has 3 heterocycles. The molecule has 1 aliphatic carbocycles. The zero-order valence-electron chi connectivity index (χ0n) is 15.3. The molecule has 2 aliphatic rings. The molecule has 26 heavy (non-hydrogen) atoms. The summed E-state index contributed by atoms with van der Waals surface area (Å²) < 4.78 is 5.68. The summed E-state index contributed by atoms with van der Waals surface area (Å²) in [5.74, 6) is 0.712. The third-order valence-electron chi connectivity index (χ3n) is 5.22. The Balaban J connectivity index is 1.49. The Kier molecular flexibility index (Phi) is 4.84. The highest BCUT2D eigenvalue weighted by Crippen LogP contribution is 2.33. The molecule has 1 N–H and O–H groups in total. The van der Waals surface area contributed by atoms with E-state index in [2.05, 4.69) is 9.97 Å². The van der Waals surface area contributed by atoms with E-state index in [0.717, 1.165) is 29.5 Å². The number of morpholine rings is 1. The van der Waals surface area contributed by atoms with Crippen LogP contribution in [0.5, 0.6) is 0 Å². The van der Waals surface area contributed by atoms with Gasteiger partial charge in [-0.1, -0.05) is 0 Å². The number of aromatic amines is 1. The topological polar surface area (TPSA) is 75.3 Å². The van der Waals surface area contributed by atoms with Gasteiger partial charge < -0.3 is 14.6 Å². The number of aryl methyl sites for hydroxylation is 3. The number of carbonyl (C=O) groups is 1. The Labute approximate surface area is 156 Å². The molecule has 2 atom stereocenters. The summed E-state index contributed by atoms with van der Waals surface area (Å²) in [5, 5.41) is 0.774. The smallest absolute Gasteiger partial charge is 0.259 e. The van der Waals surface area contributed by atoms with Gasteiger partial charge in [0, 0.05) is 30.8 Å². The molecule has 4 rings (SSSR count). The Morgan fingerprint density at radius 2 is 2.00 bits per heavy atom. The maximum absolute atomic E-state index is 12.6. The Morgan fingerprint density at radius 3 is 2.77 bits per heavy atom.